The van der Waals surface area contributed by atoms with Gasteiger partial charge in [-0.2, -0.15) is 13.2 Å². The second kappa shape index (κ2) is 6.64. The molecule has 2 aromatic rings. The molecule has 0 spiro atoms. The van der Waals surface area contributed by atoms with Crippen LogP contribution in [-0.2, 0) is 16.2 Å². The molecule has 0 atom stereocenters. The van der Waals surface area contributed by atoms with Gasteiger partial charge in [0.1, 0.15) is 5.82 Å². The van der Waals surface area contributed by atoms with Gasteiger partial charge in [-0.1, -0.05) is 33.6 Å². The molecule has 0 aromatic heterocycles. The monoisotopic (exact) mass is 489 g/mol. The number of nitrogens with one attached hydrogen (secondary N) is 1. The second-order valence-electron chi connectivity index (χ2n) is 4.82. The maximum atomic E-state index is 14.0. The van der Waals surface area contributed by atoms with Crippen molar-refractivity contribution in [2.75, 3.05) is 4.72 Å². The van der Waals surface area contributed by atoms with Crippen molar-refractivity contribution in [3.05, 3.63) is 56.2 Å². The number of rotatable bonds is 3. The fourth-order valence-electron chi connectivity index (χ4n) is 1.85. The van der Waals surface area contributed by atoms with Crippen LogP contribution in [0, 0.1) is 12.7 Å². The lowest BCUT2D eigenvalue weighted by Gasteiger charge is -2.17. The van der Waals surface area contributed by atoms with Gasteiger partial charge in [-0.05, 0) is 41.1 Å². The van der Waals surface area contributed by atoms with Gasteiger partial charge in [-0.3, -0.25) is 4.72 Å². The molecule has 0 fully saturated rings. The second-order valence-corrected chi connectivity index (χ2v) is 8.15. The summed E-state index contributed by atoms with van der Waals surface area (Å²) in [5.74, 6) is -1.16. The van der Waals surface area contributed by atoms with E-state index in [0.717, 1.165) is 5.56 Å². The lowest BCUT2D eigenvalue weighted by atomic mass is 10.2. The molecule has 0 saturated heterocycles. The molecule has 0 bridgehead atoms. The smallest absolute Gasteiger partial charge is 0.275 e. The maximum Gasteiger partial charge on any atom is 0.418 e. The number of sulfonamides is 1. The standard InChI is InChI=1S/C14H9Br2F4NO2S/c1-7-2-4-8(5-3-7)24(22,23)21-13-10(17)6-9(15)11(12(13)16)14(18,19)20/h2-6,21H,1H3. The van der Waals surface area contributed by atoms with E-state index < -0.39 is 42.2 Å². The van der Waals surface area contributed by atoms with Crippen molar-refractivity contribution < 1.29 is 26.0 Å². The van der Waals surface area contributed by atoms with Gasteiger partial charge in [0.05, 0.1) is 20.6 Å². The van der Waals surface area contributed by atoms with Gasteiger partial charge in [0.25, 0.3) is 10.0 Å². The largest absolute Gasteiger partial charge is 0.418 e. The highest BCUT2D eigenvalue weighted by Gasteiger charge is 2.38. The highest BCUT2D eigenvalue weighted by Crippen LogP contribution is 2.44. The van der Waals surface area contributed by atoms with E-state index in [1.165, 1.54) is 24.3 Å². The molecule has 3 nitrogen and oxygen atoms in total. The van der Waals surface area contributed by atoms with Crippen LogP contribution in [-0.4, -0.2) is 8.42 Å². The minimum Gasteiger partial charge on any atom is -0.275 e. The highest BCUT2D eigenvalue weighted by atomic mass is 79.9. The molecule has 1 N–H and O–H groups in total. The molecule has 0 aliphatic rings. The first-order chi connectivity index (χ1) is 10.9. The zero-order valence-corrected chi connectivity index (χ0v) is 15.9. The van der Waals surface area contributed by atoms with Crippen molar-refractivity contribution >= 4 is 47.6 Å². The SMILES string of the molecule is Cc1ccc(S(=O)(=O)Nc2c(F)cc(Br)c(C(F)(F)F)c2Br)cc1. The molecular weight excluding hydrogens is 482 g/mol. The Labute approximate surface area is 152 Å². The Morgan fingerprint density at radius 2 is 1.62 bits per heavy atom. The van der Waals surface area contributed by atoms with E-state index in [1.807, 2.05) is 4.72 Å². The molecule has 130 valence electrons. The average molecular weight is 491 g/mol. The van der Waals surface area contributed by atoms with Gasteiger partial charge in [-0.15, -0.1) is 0 Å². The first kappa shape index (κ1) is 19.2. The zero-order chi connectivity index (χ0) is 18.3. The number of halogens is 6. The molecule has 2 aromatic carbocycles. The summed E-state index contributed by atoms with van der Waals surface area (Å²) in [6, 6.07) is 6.13. The normalized spacial score (nSPS) is 12.3. The third-order valence-electron chi connectivity index (χ3n) is 3.02. The molecule has 10 heteroatoms. The summed E-state index contributed by atoms with van der Waals surface area (Å²) in [5.41, 5.74) is -1.24. The van der Waals surface area contributed by atoms with Crippen molar-refractivity contribution in [2.24, 2.45) is 0 Å². The Kier molecular flexibility index (Phi) is 5.31. The van der Waals surface area contributed by atoms with Gasteiger partial charge >= 0.3 is 6.18 Å². The van der Waals surface area contributed by atoms with Crippen LogP contribution >= 0.6 is 31.9 Å². The van der Waals surface area contributed by atoms with Gasteiger partial charge in [-0.25, -0.2) is 12.8 Å². The molecular formula is C14H9Br2F4NO2S. The summed E-state index contributed by atoms with van der Waals surface area (Å²) in [6.45, 7) is 1.74. The van der Waals surface area contributed by atoms with E-state index in [0.29, 0.717) is 6.07 Å². The van der Waals surface area contributed by atoms with Crippen LogP contribution in [0.3, 0.4) is 0 Å². The number of benzene rings is 2. The minimum atomic E-state index is -4.81. The van der Waals surface area contributed by atoms with Crippen LogP contribution < -0.4 is 4.72 Å². The van der Waals surface area contributed by atoms with E-state index in [9.17, 15) is 26.0 Å². The quantitative estimate of drug-likeness (QED) is 0.579. The molecule has 24 heavy (non-hydrogen) atoms. The van der Waals surface area contributed by atoms with Gasteiger partial charge in [0.15, 0.2) is 0 Å². The van der Waals surface area contributed by atoms with Gasteiger partial charge in [0.2, 0.25) is 0 Å². The molecule has 2 rings (SSSR count). The van der Waals surface area contributed by atoms with Gasteiger partial charge in [0, 0.05) is 4.47 Å². The number of hydrogen-bond acceptors (Lipinski definition) is 2. The first-order valence-electron chi connectivity index (χ1n) is 6.27. The van der Waals surface area contributed by atoms with E-state index >= 15 is 0 Å². The minimum absolute atomic E-state index is 0.198. The summed E-state index contributed by atoms with van der Waals surface area (Å²) < 4.78 is 78.3. The summed E-state index contributed by atoms with van der Waals surface area (Å²) in [4.78, 5) is -0.198. The molecule has 0 aliphatic heterocycles. The lowest BCUT2D eigenvalue weighted by molar-refractivity contribution is -0.138. The summed E-state index contributed by atoms with van der Waals surface area (Å²) >= 11 is 5.27. The van der Waals surface area contributed by atoms with E-state index in [1.54, 1.807) is 6.92 Å². The summed E-state index contributed by atoms with van der Waals surface area (Å²) in [7, 11) is -4.25. The van der Waals surface area contributed by atoms with Crippen LogP contribution in [0.2, 0.25) is 0 Å². The predicted octanol–water partition coefficient (Wildman–Crippen LogP) is 5.48. The molecule has 0 amide bonds. The Bertz CT molecular complexity index is 881. The van der Waals surface area contributed by atoms with Crippen LogP contribution in [0.15, 0.2) is 44.2 Å². The van der Waals surface area contributed by atoms with Crippen molar-refractivity contribution in [1.82, 2.24) is 0 Å². The predicted molar refractivity (Wildman–Crippen MR) is 88.8 cm³/mol. The third-order valence-corrected chi connectivity index (χ3v) is 5.81. The van der Waals surface area contributed by atoms with E-state index in [4.69, 9.17) is 0 Å². The van der Waals surface area contributed by atoms with Crippen LogP contribution in [0.25, 0.3) is 0 Å². The van der Waals surface area contributed by atoms with Crippen molar-refractivity contribution in [2.45, 2.75) is 18.0 Å². The fourth-order valence-corrected chi connectivity index (χ4v) is 4.68. The number of hydrogen-bond donors (Lipinski definition) is 1. The van der Waals surface area contributed by atoms with Crippen LogP contribution in [0.4, 0.5) is 23.2 Å². The number of anilines is 1. The first-order valence-corrected chi connectivity index (χ1v) is 9.34. The van der Waals surface area contributed by atoms with Crippen molar-refractivity contribution in [3.63, 3.8) is 0 Å². The van der Waals surface area contributed by atoms with Crippen molar-refractivity contribution in [3.8, 4) is 0 Å². The van der Waals surface area contributed by atoms with Gasteiger partial charge < -0.3 is 0 Å². The highest BCUT2D eigenvalue weighted by molar-refractivity contribution is 9.11. The molecule has 0 saturated carbocycles. The Hall–Kier alpha value is -1.13. The van der Waals surface area contributed by atoms with E-state index in [2.05, 4.69) is 31.9 Å². The Balaban J connectivity index is 2.56. The average Bonchev–Trinajstić information content (AvgIpc) is 2.42. The molecule has 0 heterocycles. The third kappa shape index (κ3) is 3.92. The van der Waals surface area contributed by atoms with Crippen LogP contribution in [0.5, 0.6) is 0 Å². The van der Waals surface area contributed by atoms with E-state index in [-0.39, 0.29) is 4.90 Å². The zero-order valence-electron chi connectivity index (χ0n) is 11.9. The summed E-state index contributed by atoms with van der Waals surface area (Å²) in [6.07, 6.45) is -4.81. The topological polar surface area (TPSA) is 46.2 Å². The molecule has 0 radical (unpaired) electrons. The Morgan fingerprint density at radius 3 is 2.12 bits per heavy atom. The fraction of sp³-hybridized carbons (Fsp3) is 0.143. The Morgan fingerprint density at radius 1 is 1.08 bits per heavy atom. The lowest BCUT2D eigenvalue weighted by Crippen LogP contribution is -2.17. The summed E-state index contributed by atoms with van der Waals surface area (Å²) in [5, 5.41) is 0. The van der Waals surface area contributed by atoms with Crippen LogP contribution in [0.1, 0.15) is 11.1 Å². The molecule has 0 aliphatic carbocycles. The number of aryl methyl sites for hydroxylation is 1. The maximum absolute atomic E-state index is 14.0. The van der Waals surface area contributed by atoms with Crippen molar-refractivity contribution in [1.29, 1.82) is 0 Å². The number of alkyl halides is 3. The molecule has 0 unspecified atom stereocenters.